The minimum Gasteiger partial charge on any atom is -0.369 e. The van der Waals surface area contributed by atoms with Gasteiger partial charge in [0.2, 0.25) is 0 Å². The first-order valence-electron chi connectivity index (χ1n) is 15.7. The van der Waals surface area contributed by atoms with Crippen LogP contribution in [0.25, 0.3) is 0 Å². The summed E-state index contributed by atoms with van der Waals surface area (Å²) in [4.78, 5) is 16.4. The molecule has 3 nitrogen and oxygen atoms in total. The Morgan fingerprint density at radius 2 is 0.829 bits per heavy atom. The highest BCUT2D eigenvalue weighted by molar-refractivity contribution is 5.68. The normalized spacial score (nSPS) is 11.7. The number of hydrogen-bond acceptors (Lipinski definition) is 3. The Labute approximate surface area is 220 Å². The summed E-state index contributed by atoms with van der Waals surface area (Å²) in [6.07, 6.45) is 39.6. The minimum atomic E-state index is -0.113. The van der Waals surface area contributed by atoms with E-state index >= 15 is 0 Å². The molecule has 0 amide bonds. The Bertz CT molecular complexity index is 447. The molecule has 0 aliphatic carbocycles. The van der Waals surface area contributed by atoms with Gasteiger partial charge in [0.05, 0.1) is 0 Å². The zero-order chi connectivity index (χ0) is 25.7. The first kappa shape index (κ1) is 34.2. The lowest BCUT2D eigenvalue weighted by Gasteiger charge is -2.09. The van der Waals surface area contributed by atoms with E-state index < -0.39 is 0 Å². The Kier molecular flexibility index (Phi) is 28.7. The second-order valence-corrected chi connectivity index (χ2v) is 10.9. The molecule has 0 N–H and O–H groups in total. The number of hydroxylamine groups is 2. The molecule has 0 saturated carbocycles. The van der Waals surface area contributed by atoms with Gasteiger partial charge in [-0.15, -0.1) is 5.06 Å². The van der Waals surface area contributed by atoms with E-state index in [1.54, 1.807) is 14.1 Å². The highest BCUT2D eigenvalue weighted by Crippen LogP contribution is 2.15. The van der Waals surface area contributed by atoms with Crippen LogP contribution in [-0.2, 0) is 9.63 Å². The second-order valence-electron chi connectivity index (χ2n) is 10.9. The Morgan fingerprint density at radius 1 is 0.514 bits per heavy atom. The first-order chi connectivity index (χ1) is 17.2. The summed E-state index contributed by atoms with van der Waals surface area (Å²) >= 11 is 0. The van der Waals surface area contributed by atoms with E-state index in [4.69, 9.17) is 4.84 Å². The van der Waals surface area contributed by atoms with E-state index in [1.807, 2.05) is 0 Å². The van der Waals surface area contributed by atoms with E-state index in [1.165, 1.54) is 153 Å². The van der Waals surface area contributed by atoms with Crippen LogP contribution in [0.5, 0.6) is 0 Å². The molecule has 0 spiro atoms. The van der Waals surface area contributed by atoms with Crippen molar-refractivity contribution in [3.05, 3.63) is 12.2 Å². The molecule has 0 aromatic heterocycles. The van der Waals surface area contributed by atoms with Crippen molar-refractivity contribution in [2.45, 2.75) is 174 Å². The summed E-state index contributed by atoms with van der Waals surface area (Å²) < 4.78 is 0. The molecule has 0 atom stereocenters. The number of hydrogen-bond donors (Lipinski definition) is 0. The molecule has 0 aliphatic heterocycles. The fraction of sp³-hybridized carbons (Fsp3) is 0.906. The van der Waals surface area contributed by atoms with Gasteiger partial charge in [0.15, 0.2) is 0 Å². The van der Waals surface area contributed by atoms with Crippen molar-refractivity contribution in [2.24, 2.45) is 0 Å². The monoisotopic (exact) mass is 493 g/mol. The minimum absolute atomic E-state index is 0.113. The molecule has 0 aromatic rings. The average Bonchev–Trinajstić information content (AvgIpc) is 2.83. The lowest BCUT2D eigenvalue weighted by Crippen LogP contribution is -2.18. The molecule has 0 aliphatic rings. The number of carbonyl (C=O) groups excluding carboxylic acids is 1. The molecule has 0 heterocycles. The lowest BCUT2D eigenvalue weighted by molar-refractivity contribution is -0.178. The van der Waals surface area contributed by atoms with Gasteiger partial charge in [0.25, 0.3) is 0 Å². The zero-order valence-corrected chi connectivity index (χ0v) is 24.3. The van der Waals surface area contributed by atoms with Crippen LogP contribution in [0.2, 0.25) is 0 Å². The molecule has 0 radical (unpaired) electrons. The topological polar surface area (TPSA) is 29.5 Å². The fourth-order valence-electron chi connectivity index (χ4n) is 4.71. The van der Waals surface area contributed by atoms with Gasteiger partial charge in [0.1, 0.15) is 0 Å². The van der Waals surface area contributed by atoms with Crippen molar-refractivity contribution < 1.29 is 9.63 Å². The molecule has 0 fully saturated rings. The molecule has 3 heteroatoms. The number of unbranched alkanes of at least 4 members (excludes halogenated alkanes) is 23. The number of allylic oxidation sites excluding steroid dienone is 2. The van der Waals surface area contributed by atoms with E-state index in [-0.39, 0.29) is 5.97 Å². The Balaban J connectivity index is 3.13. The van der Waals surface area contributed by atoms with E-state index in [2.05, 4.69) is 19.1 Å². The summed E-state index contributed by atoms with van der Waals surface area (Å²) in [6.45, 7) is 2.30. The van der Waals surface area contributed by atoms with E-state index in [9.17, 15) is 4.79 Å². The van der Waals surface area contributed by atoms with Crippen LogP contribution in [0.15, 0.2) is 12.2 Å². The van der Waals surface area contributed by atoms with Gasteiger partial charge in [-0.1, -0.05) is 147 Å². The average molecular weight is 494 g/mol. The van der Waals surface area contributed by atoms with Gasteiger partial charge in [-0.3, -0.25) is 4.79 Å². The van der Waals surface area contributed by atoms with Crippen molar-refractivity contribution >= 4 is 5.97 Å². The van der Waals surface area contributed by atoms with E-state index in [0.29, 0.717) is 6.42 Å². The zero-order valence-electron chi connectivity index (χ0n) is 24.3. The summed E-state index contributed by atoms with van der Waals surface area (Å²) in [5.74, 6) is -0.113. The van der Waals surface area contributed by atoms with Gasteiger partial charge in [-0.05, 0) is 32.1 Å². The SMILES string of the molecule is CCCCCCCCCCCCCCCCCCCCC=CCCCCCCCC(=O)ON(C)C. The van der Waals surface area contributed by atoms with Gasteiger partial charge >= 0.3 is 5.97 Å². The molecule has 0 aromatic carbocycles. The maximum atomic E-state index is 11.4. The van der Waals surface area contributed by atoms with Crippen molar-refractivity contribution in [3.63, 3.8) is 0 Å². The summed E-state index contributed by atoms with van der Waals surface area (Å²) in [5, 5.41) is 1.47. The van der Waals surface area contributed by atoms with Crippen molar-refractivity contribution in [2.75, 3.05) is 14.1 Å². The van der Waals surface area contributed by atoms with Crippen molar-refractivity contribution in [1.29, 1.82) is 0 Å². The van der Waals surface area contributed by atoms with E-state index in [0.717, 1.165) is 12.8 Å². The molecular weight excluding hydrogens is 430 g/mol. The van der Waals surface area contributed by atoms with Gasteiger partial charge in [-0.25, -0.2) is 0 Å². The number of nitrogens with zero attached hydrogens (tertiary/aromatic N) is 1. The maximum Gasteiger partial charge on any atom is 0.325 e. The summed E-state index contributed by atoms with van der Waals surface area (Å²) in [5.41, 5.74) is 0. The number of carbonyl (C=O) groups is 1. The molecule has 35 heavy (non-hydrogen) atoms. The first-order valence-corrected chi connectivity index (χ1v) is 15.7. The van der Waals surface area contributed by atoms with Gasteiger partial charge in [-0.2, -0.15) is 0 Å². The third-order valence-corrected chi connectivity index (χ3v) is 6.93. The standard InChI is InChI=1S/C32H63NO2/c1-4-5-6-7-8-9-10-11-12-13-14-15-16-17-18-19-20-21-22-23-24-25-26-27-28-29-30-31-32(34)35-33(2)3/h23-24H,4-22,25-31H2,1-3H3. The van der Waals surface area contributed by atoms with Crippen molar-refractivity contribution in [1.82, 2.24) is 5.06 Å². The van der Waals surface area contributed by atoms with Gasteiger partial charge < -0.3 is 4.84 Å². The molecule has 0 saturated heterocycles. The van der Waals surface area contributed by atoms with Crippen LogP contribution in [0.4, 0.5) is 0 Å². The molecule has 0 bridgehead atoms. The van der Waals surface area contributed by atoms with Crippen LogP contribution in [0.1, 0.15) is 174 Å². The van der Waals surface area contributed by atoms with Crippen LogP contribution in [0.3, 0.4) is 0 Å². The summed E-state index contributed by atoms with van der Waals surface area (Å²) in [7, 11) is 3.49. The van der Waals surface area contributed by atoms with Crippen LogP contribution in [-0.4, -0.2) is 25.1 Å². The highest BCUT2D eigenvalue weighted by Gasteiger charge is 2.03. The predicted molar refractivity (Wildman–Crippen MR) is 155 cm³/mol. The molecule has 208 valence electrons. The quantitative estimate of drug-likeness (QED) is 0.0616. The smallest absolute Gasteiger partial charge is 0.325 e. The van der Waals surface area contributed by atoms with Gasteiger partial charge in [0, 0.05) is 20.5 Å². The van der Waals surface area contributed by atoms with Crippen LogP contribution < -0.4 is 0 Å². The predicted octanol–water partition coefficient (Wildman–Crippen LogP) is 10.7. The molecule has 0 rings (SSSR count). The Hall–Kier alpha value is -0.830. The van der Waals surface area contributed by atoms with Crippen LogP contribution >= 0.6 is 0 Å². The Morgan fingerprint density at radius 3 is 1.17 bits per heavy atom. The third kappa shape index (κ3) is 31.1. The third-order valence-electron chi connectivity index (χ3n) is 6.93. The molecular formula is C32H63NO2. The largest absolute Gasteiger partial charge is 0.369 e. The second kappa shape index (κ2) is 29.4. The van der Waals surface area contributed by atoms with Crippen LogP contribution in [0, 0.1) is 0 Å². The van der Waals surface area contributed by atoms with Crippen molar-refractivity contribution in [3.8, 4) is 0 Å². The molecule has 0 unspecified atom stereocenters. The lowest BCUT2D eigenvalue weighted by atomic mass is 10.0. The summed E-state index contributed by atoms with van der Waals surface area (Å²) in [6, 6.07) is 0. The fourth-order valence-corrected chi connectivity index (χ4v) is 4.71. The number of rotatable bonds is 28. The maximum absolute atomic E-state index is 11.4. The highest BCUT2D eigenvalue weighted by atomic mass is 16.7.